The maximum atomic E-state index is 5.90. The van der Waals surface area contributed by atoms with E-state index in [1.807, 2.05) is 6.07 Å². The molecule has 0 unspecified atom stereocenters. The van der Waals surface area contributed by atoms with Crippen LogP contribution in [0.5, 0.6) is 0 Å². The minimum Gasteiger partial charge on any atom is -0.399 e. The maximum absolute atomic E-state index is 5.90. The van der Waals surface area contributed by atoms with E-state index in [2.05, 4.69) is 46.5 Å². The van der Waals surface area contributed by atoms with E-state index in [4.69, 9.17) is 5.73 Å². The molecule has 0 radical (unpaired) electrons. The Labute approximate surface area is 120 Å². The zero-order chi connectivity index (χ0) is 14.1. The van der Waals surface area contributed by atoms with E-state index in [0.717, 1.165) is 31.9 Å². The molecule has 1 aromatic carbocycles. The first kappa shape index (κ1) is 13.5. The van der Waals surface area contributed by atoms with Crippen molar-refractivity contribution in [2.75, 3.05) is 39.0 Å². The van der Waals surface area contributed by atoms with Crippen molar-refractivity contribution in [3.8, 4) is 0 Å². The number of likely N-dealkylation sites (N-methyl/N-ethyl adjacent to an activating group) is 1. The van der Waals surface area contributed by atoms with Gasteiger partial charge in [0.25, 0.3) is 0 Å². The first-order valence-corrected chi connectivity index (χ1v) is 7.46. The van der Waals surface area contributed by atoms with Gasteiger partial charge >= 0.3 is 0 Å². The number of hydrogen-bond donors (Lipinski definition) is 1. The van der Waals surface area contributed by atoms with Crippen molar-refractivity contribution in [2.24, 2.45) is 0 Å². The molecule has 1 fully saturated rings. The predicted octanol–water partition coefficient (Wildman–Crippen LogP) is 1.99. The van der Waals surface area contributed by atoms with Gasteiger partial charge in [-0.25, -0.2) is 0 Å². The summed E-state index contributed by atoms with van der Waals surface area (Å²) in [4.78, 5) is 4.94. The first-order chi connectivity index (χ1) is 9.67. The van der Waals surface area contributed by atoms with E-state index in [0.29, 0.717) is 0 Å². The Bertz CT molecular complexity index is 594. The van der Waals surface area contributed by atoms with Gasteiger partial charge in [-0.3, -0.25) is 4.90 Å². The van der Waals surface area contributed by atoms with Gasteiger partial charge in [-0.2, -0.15) is 0 Å². The molecule has 0 aliphatic carbocycles. The van der Waals surface area contributed by atoms with Crippen LogP contribution in [0.15, 0.2) is 24.3 Å². The highest BCUT2D eigenvalue weighted by molar-refractivity contribution is 5.84. The van der Waals surface area contributed by atoms with Crippen molar-refractivity contribution in [3.05, 3.63) is 30.0 Å². The Hall–Kier alpha value is -1.52. The summed E-state index contributed by atoms with van der Waals surface area (Å²) >= 11 is 0. The summed E-state index contributed by atoms with van der Waals surface area (Å²) in [6, 6.07) is 8.51. The topological polar surface area (TPSA) is 37.4 Å². The summed E-state index contributed by atoms with van der Waals surface area (Å²) in [5.74, 6) is 0. The quantitative estimate of drug-likeness (QED) is 0.868. The van der Waals surface area contributed by atoms with Gasteiger partial charge in [0.1, 0.15) is 0 Å². The fourth-order valence-electron chi connectivity index (χ4n) is 3.09. The zero-order valence-corrected chi connectivity index (χ0v) is 12.5. The van der Waals surface area contributed by atoms with Crippen molar-refractivity contribution in [1.82, 2.24) is 14.4 Å². The van der Waals surface area contributed by atoms with Crippen LogP contribution in [0.2, 0.25) is 0 Å². The number of aromatic nitrogens is 1. The molecule has 0 spiro atoms. The number of benzene rings is 1. The molecular formula is C16H24N4. The second kappa shape index (κ2) is 5.46. The lowest BCUT2D eigenvalue weighted by Crippen LogP contribution is -2.44. The number of rotatable bonds is 3. The van der Waals surface area contributed by atoms with E-state index >= 15 is 0 Å². The van der Waals surface area contributed by atoms with E-state index < -0.39 is 0 Å². The average molecular weight is 272 g/mol. The van der Waals surface area contributed by atoms with Crippen LogP contribution in [0, 0.1) is 0 Å². The zero-order valence-electron chi connectivity index (χ0n) is 12.5. The lowest BCUT2D eigenvalue weighted by atomic mass is 10.2. The van der Waals surface area contributed by atoms with Crippen LogP contribution in [-0.2, 0) is 13.1 Å². The van der Waals surface area contributed by atoms with Crippen LogP contribution < -0.4 is 5.73 Å². The Morgan fingerprint density at radius 2 is 1.85 bits per heavy atom. The Balaban J connectivity index is 1.87. The van der Waals surface area contributed by atoms with Crippen molar-refractivity contribution >= 4 is 16.6 Å². The highest BCUT2D eigenvalue weighted by Gasteiger charge is 2.16. The number of hydrogen-bond acceptors (Lipinski definition) is 3. The second-order valence-corrected chi connectivity index (χ2v) is 5.78. The third-order valence-electron chi connectivity index (χ3n) is 4.31. The fraction of sp³-hybridized carbons (Fsp3) is 0.500. The highest BCUT2D eigenvalue weighted by atomic mass is 15.2. The highest BCUT2D eigenvalue weighted by Crippen LogP contribution is 2.23. The molecule has 1 saturated heterocycles. The van der Waals surface area contributed by atoms with E-state index in [9.17, 15) is 0 Å². The van der Waals surface area contributed by atoms with Crippen LogP contribution in [0.4, 0.5) is 5.69 Å². The predicted molar refractivity (Wildman–Crippen MR) is 84.8 cm³/mol. The summed E-state index contributed by atoms with van der Waals surface area (Å²) < 4.78 is 2.41. The summed E-state index contributed by atoms with van der Waals surface area (Å²) in [5.41, 5.74) is 9.44. The molecule has 1 aliphatic rings. The molecule has 1 aliphatic heterocycles. The molecule has 0 amide bonds. The molecule has 1 aromatic heterocycles. The van der Waals surface area contributed by atoms with Gasteiger partial charge in [-0.1, -0.05) is 0 Å². The van der Waals surface area contributed by atoms with Gasteiger partial charge in [0.05, 0.1) is 0 Å². The minimum atomic E-state index is 0.844. The number of fused-ring (bicyclic) bond motifs is 1. The van der Waals surface area contributed by atoms with Gasteiger partial charge in [0, 0.05) is 61.6 Å². The SMILES string of the molecule is CCn1c(CN2CCN(C)CC2)cc2cc(N)ccc21. The minimum absolute atomic E-state index is 0.844. The number of nitrogen functional groups attached to an aromatic ring is 1. The molecule has 0 bridgehead atoms. The van der Waals surface area contributed by atoms with Gasteiger partial charge < -0.3 is 15.2 Å². The van der Waals surface area contributed by atoms with E-state index in [1.54, 1.807) is 0 Å². The summed E-state index contributed by atoms with van der Waals surface area (Å²) in [6.07, 6.45) is 0. The van der Waals surface area contributed by atoms with Crippen molar-refractivity contribution < 1.29 is 0 Å². The standard InChI is InChI=1S/C16H24N4/c1-3-20-15(12-19-8-6-18(2)7-9-19)11-13-10-14(17)4-5-16(13)20/h4-5,10-11H,3,6-9,12,17H2,1-2H3. The molecule has 2 heterocycles. The number of aryl methyl sites for hydroxylation is 1. The molecule has 108 valence electrons. The van der Waals surface area contributed by atoms with E-state index in [-0.39, 0.29) is 0 Å². The first-order valence-electron chi connectivity index (χ1n) is 7.46. The van der Waals surface area contributed by atoms with Gasteiger partial charge in [0.2, 0.25) is 0 Å². The third kappa shape index (κ3) is 2.53. The van der Waals surface area contributed by atoms with Gasteiger partial charge in [-0.15, -0.1) is 0 Å². The van der Waals surface area contributed by atoms with Crippen molar-refractivity contribution in [3.63, 3.8) is 0 Å². The molecule has 20 heavy (non-hydrogen) atoms. The maximum Gasteiger partial charge on any atom is 0.0484 e. The average Bonchev–Trinajstić information content (AvgIpc) is 2.77. The van der Waals surface area contributed by atoms with E-state index in [1.165, 1.54) is 29.7 Å². The number of nitrogens with zero attached hydrogens (tertiary/aromatic N) is 3. The molecule has 4 heteroatoms. The Kier molecular flexibility index (Phi) is 3.68. The summed E-state index contributed by atoms with van der Waals surface area (Å²) in [6.45, 7) is 8.91. The number of nitrogens with two attached hydrogens (primary N) is 1. The summed E-state index contributed by atoms with van der Waals surface area (Å²) in [5, 5.41) is 1.26. The molecule has 2 N–H and O–H groups in total. The molecule has 2 aromatic rings. The normalized spacial score (nSPS) is 17.9. The molecular weight excluding hydrogens is 248 g/mol. The van der Waals surface area contributed by atoms with Crippen LogP contribution in [0.3, 0.4) is 0 Å². The van der Waals surface area contributed by atoms with Crippen molar-refractivity contribution in [2.45, 2.75) is 20.0 Å². The lowest BCUT2D eigenvalue weighted by Gasteiger charge is -2.32. The van der Waals surface area contributed by atoms with Gasteiger partial charge in [-0.05, 0) is 38.2 Å². The van der Waals surface area contributed by atoms with Crippen LogP contribution in [0.1, 0.15) is 12.6 Å². The Morgan fingerprint density at radius 1 is 1.10 bits per heavy atom. The third-order valence-corrected chi connectivity index (χ3v) is 4.31. The molecule has 0 atom stereocenters. The molecule has 3 rings (SSSR count). The van der Waals surface area contributed by atoms with Crippen LogP contribution in [-0.4, -0.2) is 47.6 Å². The lowest BCUT2D eigenvalue weighted by molar-refractivity contribution is 0.146. The monoisotopic (exact) mass is 272 g/mol. The molecule has 0 saturated carbocycles. The summed E-state index contributed by atoms with van der Waals surface area (Å²) in [7, 11) is 2.20. The number of piperazine rings is 1. The van der Waals surface area contributed by atoms with Crippen LogP contribution in [0.25, 0.3) is 10.9 Å². The Morgan fingerprint density at radius 3 is 2.55 bits per heavy atom. The second-order valence-electron chi connectivity index (χ2n) is 5.78. The van der Waals surface area contributed by atoms with Crippen molar-refractivity contribution in [1.29, 1.82) is 0 Å². The van der Waals surface area contributed by atoms with Crippen LogP contribution >= 0.6 is 0 Å². The number of anilines is 1. The largest absolute Gasteiger partial charge is 0.399 e. The fourth-order valence-corrected chi connectivity index (χ4v) is 3.09. The smallest absolute Gasteiger partial charge is 0.0484 e. The van der Waals surface area contributed by atoms with Gasteiger partial charge in [0.15, 0.2) is 0 Å². The molecule has 4 nitrogen and oxygen atoms in total.